The fraction of sp³-hybridized carbons (Fsp3) is 0.444. The van der Waals surface area contributed by atoms with Gasteiger partial charge in [-0.15, -0.1) is 0 Å². The summed E-state index contributed by atoms with van der Waals surface area (Å²) in [5.41, 5.74) is 4.67. The Morgan fingerprint density at radius 2 is 1.69 bits per heavy atom. The summed E-state index contributed by atoms with van der Waals surface area (Å²) in [5.74, 6) is -1.05. The van der Waals surface area contributed by atoms with Gasteiger partial charge in [-0.3, -0.25) is 14.5 Å². The number of likely N-dealkylation sites (N-methyl/N-ethyl adjacent to an activating group) is 1. The number of ether oxygens (including phenoxy) is 1. The number of alkyl carbamates (subject to hydrolysis) is 1. The Balaban J connectivity index is 1.27. The fourth-order valence-electron chi connectivity index (χ4n) is 4.98. The molecule has 2 aromatic rings. The number of carbonyl (C=O) groups excluding carboxylic acids is 2. The molecule has 35 heavy (non-hydrogen) atoms. The number of piperazine rings is 1. The van der Waals surface area contributed by atoms with Gasteiger partial charge in [0.15, 0.2) is 0 Å². The van der Waals surface area contributed by atoms with E-state index in [0.29, 0.717) is 26.1 Å². The molecule has 1 heterocycles. The van der Waals surface area contributed by atoms with Gasteiger partial charge in [0.25, 0.3) is 0 Å². The predicted octanol–water partition coefficient (Wildman–Crippen LogP) is 3.17. The molecule has 8 nitrogen and oxygen atoms in total. The number of hydrogen-bond donors (Lipinski definition) is 2. The first-order chi connectivity index (χ1) is 16.9. The number of nitrogens with zero attached hydrogens (tertiary/aromatic N) is 2. The van der Waals surface area contributed by atoms with Gasteiger partial charge in [-0.25, -0.2) is 4.79 Å². The van der Waals surface area contributed by atoms with Gasteiger partial charge >= 0.3 is 12.1 Å². The zero-order chi connectivity index (χ0) is 24.9. The highest BCUT2D eigenvalue weighted by molar-refractivity contribution is 5.80. The fourth-order valence-corrected chi connectivity index (χ4v) is 4.98. The van der Waals surface area contributed by atoms with E-state index in [2.05, 4.69) is 29.6 Å². The molecule has 1 aliphatic heterocycles. The second-order valence-electron chi connectivity index (χ2n) is 9.36. The molecule has 0 bridgehead atoms. The quantitative estimate of drug-likeness (QED) is 0.604. The number of fused-ring (bicyclic) bond motifs is 3. The number of benzene rings is 2. The first-order valence-corrected chi connectivity index (χ1v) is 12.2. The monoisotopic (exact) mass is 479 g/mol. The lowest BCUT2D eigenvalue weighted by molar-refractivity contribution is -0.147. The summed E-state index contributed by atoms with van der Waals surface area (Å²) in [7, 11) is 1.76. The Bertz CT molecular complexity index is 1040. The zero-order valence-electron chi connectivity index (χ0n) is 20.3. The minimum absolute atomic E-state index is 0.00360. The molecular formula is C27H33N3O5. The van der Waals surface area contributed by atoms with Crippen LogP contribution in [0.2, 0.25) is 0 Å². The smallest absolute Gasteiger partial charge is 0.407 e. The van der Waals surface area contributed by atoms with Crippen molar-refractivity contribution in [3.8, 4) is 11.1 Å². The first-order valence-electron chi connectivity index (χ1n) is 12.2. The third kappa shape index (κ3) is 5.48. The molecule has 186 valence electrons. The largest absolute Gasteiger partial charge is 0.480 e. The Labute approximate surface area is 205 Å². The van der Waals surface area contributed by atoms with Gasteiger partial charge in [0, 0.05) is 38.5 Å². The van der Waals surface area contributed by atoms with Crippen LogP contribution in [0.4, 0.5) is 4.79 Å². The maximum atomic E-state index is 12.8. The van der Waals surface area contributed by atoms with Crippen LogP contribution >= 0.6 is 0 Å². The van der Waals surface area contributed by atoms with Crippen molar-refractivity contribution in [3.63, 3.8) is 0 Å². The Morgan fingerprint density at radius 1 is 1.06 bits per heavy atom. The summed E-state index contributed by atoms with van der Waals surface area (Å²) in [6.07, 6.45) is 0.477. The van der Waals surface area contributed by atoms with Crippen molar-refractivity contribution in [2.75, 3.05) is 39.8 Å². The molecule has 0 saturated carbocycles. The van der Waals surface area contributed by atoms with E-state index in [0.717, 1.165) is 11.1 Å². The van der Waals surface area contributed by atoms with E-state index in [1.807, 2.05) is 31.2 Å². The summed E-state index contributed by atoms with van der Waals surface area (Å²) in [6, 6.07) is 15.7. The van der Waals surface area contributed by atoms with Crippen molar-refractivity contribution in [3.05, 3.63) is 59.7 Å². The van der Waals surface area contributed by atoms with Gasteiger partial charge in [-0.05, 0) is 35.2 Å². The maximum Gasteiger partial charge on any atom is 0.407 e. The van der Waals surface area contributed by atoms with Crippen molar-refractivity contribution in [1.82, 2.24) is 15.1 Å². The number of carboxylic acid groups (broad SMARTS) is 1. The number of carboxylic acids is 1. The van der Waals surface area contributed by atoms with Gasteiger partial charge in [0.2, 0.25) is 5.91 Å². The van der Waals surface area contributed by atoms with E-state index in [4.69, 9.17) is 4.74 Å². The number of amides is 2. The van der Waals surface area contributed by atoms with Crippen LogP contribution in [-0.4, -0.2) is 78.8 Å². The summed E-state index contributed by atoms with van der Waals surface area (Å²) in [4.78, 5) is 40.1. The van der Waals surface area contributed by atoms with Gasteiger partial charge in [-0.2, -0.15) is 0 Å². The van der Waals surface area contributed by atoms with Crippen molar-refractivity contribution in [1.29, 1.82) is 0 Å². The molecule has 1 fully saturated rings. The first kappa shape index (κ1) is 24.7. The van der Waals surface area contributed by atoms with E-state index in [1.165, 1.54) is 11.1 Å². The minimum atomic E-state index is -0.922. The van der Waals surface area contributed by atoms with E-state index < -0.39 is 18.1 Å². The predicted molar refractivity (Wildman–Crippen MR) is 132 cm³/mol. The van der Waals surface area contributed by atoms with Crippen LogP contribution < -0.4 is 5.32 Å². The molecule has 2 aliphatic rings. The molecule has 2 unspecified atom stereocenters. The standard InChI is InChI=1S/C27H33N3O5/c1-3-18(14-25(31)30-13-12-29(2)24(16-30)26(32)33)15-28-27(34)35-17-23-21-10-6-4-8-19(21)20-9-5-7-11-22(20)23/h4-11,18,23-24H,3,12-17H2,1-2H3,(H,28,34)(H,32,33). The molecule has 2 N–H and O–H groups in total. The van der Waals surface area contributed by atoms with Crippen LogP contribution in [-0.2, 0) is 14.3 Å². The zero-order valence-corrected chi connectivity index (χ0v) is 20.3. The van der Waals surface area contributed by atoms with Crippen LogP contribution in [0.3, 0.4) is 0 Å². The van der Waals surface area contributed by atoms with Gasteiger partial charge < -0.3 is 20.1 Å². The molecular weight excluding hydrogens is 446 g/mol. The number of hydrogen-bond acceptors (Lipinski definition) is 5. The minimum Gasteiger partial charge on any atom is -0.480 e. The highest BCUT2D eigenvalue weighted by Gasteiger charge is 2.33. The Kier molecular flexibility index (Phi) is 7.70. The summed E-state index contributed by atoms with van der Waals surface area (Å²) < 4.78 is 5.59. The van der Waals surface area contributed by atoms with Crippen molar-refractivity contribution in [2.24, 2.45) is 5.92 Å². The molecule has 1 aliphatic carbocycles. The number of rotatable bonds is 8. The third-order valence-electron chi connectivity index (χ3n) is 7.21. The van der Waals surface area contributed by atoms with Crippen LogP contribution in [0.5, 0.6) is 0 Å². The number of nitrogens with one attached hydrogen (secondary N) is 1. The van der Waals surface area contributed by atoms with Crippen molar-refractivity contribution in [2.45, 2.75) is 31.7 Å². The lowest BCUT2D eigenvalue weighted by Gasteiger charge is -2.37. The second kappa shape index (κ2) is 10.9. The summed E-state index contributed by atoms with van der Waals surface area (Å²) >= 11 is 0. The van der Waals surface area contributed by atoms with Gasteiger partial charge in [0.05, 0.1) is 0 Å². The molecule has 0 aromatic heterocycles. The maximum absolute atomic E-state index is 12.8. The van der Waals surface area contributed by atoms with Gasteiger partial charge in [-0.1, -0.05) is 61.9 Å². The third-order valence-corrected chi connectivity index (χ3v) is 7.21. The molecule has 2 atom stereocenters. The van der Waals surface area contributed by atoms with E-state index >= 15 is 0 Å². The van der Waals surface area contributed by atoms with Crippen LogP contribution in [0.1, 0.15) is 36.8 Å². The van der Waals surface area contributed by atoms with Crippen LogP contribution in [0, 0.1) is 5.92 Å². The summed E-state index contributed by atoms with van der Waals surface area (Å²) in [5, 5.41) is 12.2. The van der Waals surface area contributed by atoms with Crippen molar-refractivity contribution >= 4 is 18.0 Å². The molecule has 0 radical (unpaired) electrons. The molecule has 1 saturated heterocycles. The number of carbonyl (C=O) groups is 3. The van der Waals surface area contributed by atoms with Crippen LogP contribution in [0.15, 0.2) is 48.5 Å². The lowest BCUT2D eigenvalue weighted by atomic mass is 9.98. The molecule has 8 heteroatoms. The normalized spacial score (nSPS) is 18.5. The average molecular weight is 480 g/mol. The number of aliphatic carboxylic acids is 1. The van der Waals surface area contributed by atoms with E-state index in [1.54, 1.807) is 16.8 Å². The second-order valence-corrected chi connectivity index (χ2v) is 9.36. The highest BCUT2D eigenvalue weighted by atomic mass is 16.5. The van der Waals surface area contributed by atoms with E-state index in [-0.39, 0.29) is 37.3 Å². The molecule has 2 amide bonds. The highest BCUT2D eigenvalue weighted by Crippen LogP contribution is 2.44. The topological polar surface area (TPSA) is 99.2 Å². The Morgan fingerprint density at radius 3 is 2.29 bits per heavy atom. The van der Waals surface area contributed by atoms with Crippen molar-refractivity contribution < 1.29 is 24.2 Å². The van der Waals surface area contributed by atoms with Gasteiger partial charge in [0.1, 0.15) is 12.6 Å². The molecule has 4 rings (SSSR count). The Hall–Kier alpha value is -3.39. The van der Waals surface area contributed by atoms with E-state index in [9.17, 15) is 19.5 Å². The lowest BCUT2D eigenvalue weighted by Crippen LogP contribution is -2.56. The average Bonchev–Trinajstić information content (AvgIpc) is 3.19. The summed E-state index contributed by atoms with van der Waals surface area (Å²) in [6.45, 7) is 3.76. The molecule has 2 aromatic carbocycles. The van der Waals surface area contributed by atoms with Crippen LogP contribution in [0.25, 0.3) is 11.1 Å². The SMILES string of the molecule is CCC(CNC(=O)OCC1c2ccccc2-c2ccccc21)CC(=O)N1CCN(C)C(C(=O)O)C1. The molecule has 0 spiro atoms.